The van der Waals surface area contributed by atoms with Crippen LogP contribution in [-0.2, 0) is 9.59 Å². The highest BCUT2D eigenvalue weighted by atomic mass is 35.5. The number of amides is 1. The van der Waals surface area contributed by atoms with E-state index in [-0.39, 0.29) is 24.1 Å². The number of nitrogens with zero attached hydrogens (tertiary/aromatic N) is 1. The van der Waals surface area contributed by atoms with Crippen molar-refractivity contribution in [3.63, 3.8) is 0 Å². The minimum absolute atomic E-state index is 0.00714. The van der Waals surface area contributed by atoms with Crippen LogP contribution >= 0.6 is 11.6 Å². The number of Topliss-reactive ketones (excluding diaryl/α,β-unsaturated/α-hetero) is 1. The van der Waals surface area contributed by atoms with Crippen LogP contribution < -0.4 is 10.1 Å². The minimum atomic E-state index is -0.545. The van der Waals surface area contributed by atoms with E-state index in [2.05, 4.69) is 5.32 Å². The Balaban J connectivity index is 2.67. The molecule has 0 saturated carbocycles. The molecular weight excluding hydrogens is 292 g/mol. The Hall–Kier alpha value is -2.06. The number of carbonyl (C=O) groups excluding carboxylic acids is 2. The monoisotopic (exact) mass is 308 g/mol. The van der Waals surface area contributed by atoms with Crippen molar-refractivity contribution in [1.29, 1.82) is 5.26 Å². The van der Waals surface area contributed by atoms with Crippen molar-refractivity contribution >= 4 is 23.3 Å². The molecule has 0 spiro atoms. The van der Waals surface area contributed by atoms with Crippen molar-refractivity contribution in [2.24, 2.45) is 5.92 Å². The first-order chi connectivity index (χ1) is 9.85. The molecule has 0 bridgehead atoms. The molecular formula is C15H17ClN2O3. The van der Waals surface area contributed by atoms with Gasteiger partial charge < -0.3 is 10.1 Å². The molecule has 0 aliphatic heterocycles. The third-order valence-electron chi connectivity index (χ3n) is 2.84. The van der Waals surface area contributed by atoms with Gasteiger partial charge in [0.1, 0.15) is 11.8 Å². The third kappa shape index (κ3) is 5.09. The molecule has 0 aromatic heterocycles. The highest BCUT2D eigenvalue weighted by Crippen LogP contribution is 2.22. The van der Waals surface area contributed by atoms with Gasteiger partial charge in [0.25, 0.3) is 5.91 Å². The van der Waals surface area contributed by atoms with E-state index in [0.29, 0.717) is 10.6 Å². The van der Waals surface area contributed by atoms with Crippen molar-refractivity contribution in [3.05, 3.63) is 28.8 Å². The predicted molar refractivity (Wildman–Crippen MR) is 79.1 cm³/mol. The van der Waals surface area contributed by atoms with Gasteiger partial charge in [0, 0.05) is 11.1 Å². The molecule has 1 aromatic rings. The van der Waals surface area contributed by atoms with Gasteiger partial charge in [0.2, 0.25) is 0 Å². The number of halogens is 1. The smallest absolute Gasteiger partial charge is 0.258 e. The second-order valence-corrected chi connectivity index (χ2v) is 5.38. The van der Waals surface area contributed by atoms with Crippen LogP contribution in [0.15, 0.2) is 18.2 Å². The summed E-state index contributed by atoms with van der Waals surface area (Å²) in [5.41, 5.74) is 0.291. The molecule has 0 aliphatic rings. The molecule has 0 fully saturated rings. The Bertz CT molecular complexity index is 579. The number of benzene rings is 1. The molecule has 0 heterocycles. The summed E-state index contributed by atoms with van der Waals surface area (Å²) in [4.78, 5) is 23.2. The normalized spacial score (nSPS) is 11.6. The van der Waals surface area contributed by atoms with E-state index in [1.54, 1.807) is 6.07 Å². The lowest BCUT2D eigenvalue weighted by atomic mass is 10.0. The number of ether oxygens (including phenoxy) is 1. The van der Waals surface area contributed by atoms with Crippen LogP contribution in [0.3, 0.4) is 0 Å². The number of rotatable bonds is 6. The highest BCUT2D eigenvalue weighted by Gasteiger charge is 2.20. The first-order valence-electron chi connectivity index (χ1n) is 6.47. The minimum Gasteiger partial charge on any atom is -0.482 e. The molecule has 5 nitrogen and oxygen atoms in total. The fourth-order valence-electron chi connectivity index (χ4n) is 1.80. The van der Waals surface area contributed by atoms with Gasteiger partial charge in [-0.2, -0.15) is 5.26 Å². The van der Waals surface area contributed by atoms with Crippen LogP contribution in [-0.4, -0.2) is 24.3 Å². The number of hydrogen-bond acceptors (Lipinski definition) is 4. The first-order valence-corrected chi connectivity index (χ1v) is 6.85. The third-order valence-corrected chi connectivity index (χ3v) is 3.08. The molecule has 0 aliphatic carbocycles. The van der Waals surface area contributed by atoms with Gasteiger partial charge in [0.05, 0.1) is 11.6 Å². The zero-order chi connectivity index (χ0) is 16.0. The van der Waals surface area contributed by atoms with E-state index in [1.165, 1.54) is 19.1 Å². The fraction of sp³-hybridized carbons (Fsp3) is 0.400. The Labute approximate surface area is 128 Å². The molecule has 112 valence electrons. The van der Waals surface area contributed by atoms with Crippen LogP contribution in [0.4, 0.5) is 0 Å². The Morgan fingerprint density at radius 3 is 2.62 bits per heavy atom. The predicted octanol–water partition coefficient (Wildman–Crippen LogP) is 2.32. The van der Waals surface area contributed by atoms with Crippen LogP contribution in [0.25, 0.3) is 0 Å². The maximum absolute atomic E-state index is 11.8. The average molecular weight is 309 g/mol. The number of hydrogen-bond donors (Lipinski definition) is 1. The van der Waals surface area contributed by atoms with Crippen molar-refractivity contribution < 1.29 is 14.3 Å². The number of nitriles is 1. The maximum Gasteiger partial charge on any atom is 0.258 e. The van der Waals surface area contributed by atoms with Crippen molar-refractivity contribution in [2.45, 2.75) is 26.8 Å². The second-order valence-electron chi connectivity index (χ2n) is 4.94. The quantitative estimate of drug-likeness (QED) is 0.874. The van der Waals surface area contributed by atoms with E-state index in [0.717, 1.165) is 0 Å². The van der Waals surface area contributed by atoms with E-state index in [1.807, 2.05) is 19.9 Å². The van der Waals surface area contributed by atoms with Crippen LogP contribution in [0, 0.1) is 17.2 Å². The van der Waals surface area contributed by atoms with E-state index in [4.69, 9.17) is 21.6 Å². The molecule has 1 atom stereocenters. The SMILES string of the molecule is CC(=O)C(NC(=O)COc1cc(Cl)ccc1C#N)C(C)C. The Morgan fingerprint density at radius 1 is 1.43 bits per heavy atom. The average Bonchev–Trinajstić information content (AvgIpc) is 2.42. The summed E-state index contributed by atoms with van der Waals surface area (Å²) >= 11 is 5.82. The summed E-state index contributed by atoms with van der Waals surface area (Å²) < 4.78 is 5.30. The Morgan fingerprint density at radius 2 is 2.10 bits per heavy atom. The number of nitrogens with one attached hydrogen (secondary N) is 1. The molecule has 0 radical (unpaired) electrons. The lowest BCUT2D eigenvalue weighted by molar-refractivity contribution is -0.129. The van der Waals surface area contributed by atoms with E-state index < -0.39 is 11.9 Å². The van der Waals surface area contributed by atoms with Gasteiger partial charge in [-0.05, 0) is 25.0 Å². The summed E-state index contributed by atoms with van der Waals surface area (Å²) in [5, 5.41) is 12.0. The second kappa shape index (κ2) is 7.65. The zero-order valence-electron chi connectivity index (χ0n) is 12.1. The summed E-state index contributed by atoms with van der Waals surface area (Å²) in [6, 6.07) is 5.96. The molecule has 1 amide bonds. The van der Waals surface area contributed by atoms with E-state index >= 15 is 0 Å². The topological polar surface area (TPSA) is 79.2 Å². The van der Waals surface area contributed by atoms with Crippen molar-refractivity contribution in [2.75, 3.05) is 6.61 Å². The maximum atomic E-state index is 11.8. The lowest BCUT2D eigenvalue weighted by Gasteiger charge is -2.19. The molecule has 1 unspecified atom stereocenters. The van der Waals surface area contributed by atoms with Crippen LogP contribution in [0.5, 0.6) is 5.75 Å². The van der Waals surface area contributed by atoms with Gasteiger partial charge in [-0.1, -0.05) is 25.4 Å². The van der Waals surface area contributed by atoms with Gasteiger partial charge in [-0.15, -0.1) is 0 Å². The summed E-state index contributed by atoms with van der Waals surface area (Å²) in [6.07, 6.45) is 0. The summed E-state index contributed by atoms with van der Waals surface area (Å²) in [7, 11) is 0. The first kappa shape index (κ1) is 17.0. The fourth-order valence-corrected chi connectivity index (χ4v) is 1.97. The summed E-state index contributed by atoms with van der Waals surface area (Å²) in [5.74, 6) is -0.303. The number of carbonyl (C=O) groups is 2. The standard InChI is InChI=1S/C15H17ClN2O3/c1-9(2)15(10(3)19)18-14(20)8-21-13-6-12(16)5-4-11(13)7-17/h4-6,9,15H,8H2,1-3H3,(H,18,20). The van der Waals surface area contributed by atoms with Gasteiger partial charge in [-0.3, -0.25) is 9.59 Å². The van der Waals surface area contributed by atoms with Crippen LogP contribution in [0.1, 0.15) is 26.3 Å². The summed E-state index contributed by atoms with van der Waals surface area (Å²) in [6.45, 7) is 4.83. The van der Waals surface area contributed by atoms with Gasteiger partial charge >= 0.3 is 0 Å². The van der Waals surface area contributed by atoms with Gasteiger partial charge in [-0.25, -0.2) is 0 Å². The largest absolute Gasteiger partial charge is 0.482 e. The van der Waals surface area contributed by atoms with Crippen molar-refractivity contribution in [3.8, 4) is 11.8 Å². The molecule has 0 saturated heterocycles. The van der Waals surface area contributed by atoms with Gasteiger partial charge in [0.15, 0.2) is 12.4 Å². The molecule has 6 heteroatoms. The van der Waals surface area contributed by atoms with Crippen molar-refractivity contribution in [1.82, 2.24) is 5.32 Å². The highest BCUT2D eigenvalue weighted by molar-refractivity contribution is 6.30. The zero-order valence-corrected chi connectivity index (χ0v) is 12.9. The molecule has 1 rings (SSSR count). The lowest BCUT2D eigenvalue weighted by Crippen LogP contribution is -2.45. The van der Waals surface area contributed by atoms with E-state index in [9.17, 15) is 9.59 Å². The molecule has 21 heavy (non-hydrogen) atoms. The van der Waals surface area contributed by atoms with Crippen LogP contribution in [0.2, 0.25) is 5.02 Å². The number of ketones is 1. The molecule has 1 N–H and O–H groups in total. The Kier molecular flexibility index (Phi) is 6.19. The molecule has 1 aromatic carbocycles.